The molecule has 2 aliphatic rings. The highest BCUT2D eigenvalue weighted by Crippen LogP contribution is 2.37. The molecule has 1 atom stereocenters. The lowest BCUT2D eigenvalue weighted by molar-refractivity contribution is -0.150. The first-order valence-electron chi connectivity index (χ1n) is 8.29. The number of rotatable bonds is 7. The zero-order valence-electron chi connectivity index (χ0n) is 14.0. The molecule has 26 heavy (non-hydrogen) atoms. The Labute approximate surface area is 148 Å². The lowest BCUT2D eigenvalue weighted by atomic mass is 10.2. The molecular weight excluding hydrogens is 352 g/mol. The fourth-order valence-electron chi connectivity index (χ4n) is 2.69. The van der Waals surface area contributed by atoms with Crippen LogP contribution in [-0.2, 0) is 0 Å². The number of nitrogens with two attached hydrogens (primary N) is 1. The molecule has 5 nitrogen and oxygen atoms in total. The maximum atomic E-state index is 12.8. The summed E-state index contributed by atoms with van der Waals surface area (Å²) in [5.41, 5.74) is 6.34. The van der Waals surface area contributed by atoms with Gasteiger partial charge in [0.05, 0.1) is 6.33 Å². The van der Waals surface area contributed by atoms with Gasteiger partial charge in [-0.1, -0.05) is 0 Å². The second-order valence-electron chi connectivity index (χ2n) is 6.37. The van der Waals surface area contributed by atoms with Gasteiger partial charge in [-0.05, 0) is 43.0 Å². The van der Waals surface area contributed by atoms with Crippen molar-refractivity contribution < 1.29 is 22.3 Å². The number of halogens is 4. The predicted molar refractivity (Wildman–Crippen MR) is 89.1 cm³/mol. The van der Waals surface area contributed by atoms with E-state index >= 15 is 0 Å². The van der Waals surface area contributed by atoms with Crippen molar-refractivity contribution in [3.63, 3.8) is 0 Å². The van der Waals surface area contributed by atoms with Crippen LogP contribution in [0.2, 0.25) is 0 Å². The molecule has 1 aromatic rings. The van der Waals surface area contributed by atoms with Gasteiger partial charge in [-0.25, -0.2) is 4.39 Å². The van der Waals surface area contributed by atoms with Crippen molar-refractivity contribution in [1.29, 1.82) is 0 Å². The SMILES string of the molecule is NC/C(=C\F)COc1ccc(C2=NN(CC(F)(F)F)C(C3CC3)N2)cc1. The minimum Gasteiger partial charge on any atom is -0.489 e. The average Bonchev–Trinajstić information content (AvgIpc) is 3.36. The van der Waals surface area contributed by atoms with E-state index in [0.29, 0.717) is 29.1 Å². The van der Waals surface area contributed by atoms with E-state index < -0.39 is 18.9 Å². The third kappa shape index (κ3) is 4.66. The van der Waals surface area contributed by atoms with Crippen molar-refractivity contribution in [2.24, 2.45) is 16.8 Å². The Morgan fingerprint density at radius 3 is 2.54 bits per heavy atom. The summed E-state index contributed by atoms with van der Waals surface area (Å²) >= 11 is 0. The largest absolute Gasteiger partial charge is 0.489 e. The van der Waals surface area contributed by atoms with Crippen molar-refractivity contribution in [2.45, 2.75) is 25.2 Å². The van der Waals surface area contributed by atoms with Crippen molar-refractivity contribution in [1.82, 2.24) is 10.3 Å². The third-order valence-electron chi connectivity index (χ3n) is 4.21. The van der Waals surface area contributed by atoms with E-state index in [0.717, 1.165) is 17.9 Å². The number of benzene rings is 1. The van der Waals surface area contributed by atoms with Gasteiger partial charge in [0.2, 0.25) is 0 Å². The van der Waals surface area contributed by atoms with Gasteiger partial charge in [-0.2, -0.15) is 18.3 Å². The highest BCUT2D eigenvalue weighted by Gasteiger charge is 2.43. The molecule has 1 heterocycles. The summed E-state index contributed by atoms with van der Waals surface area (Å²) in [4.78, 5) is 0. The monoisotopic (exact) mass is 372 g/mol. The van der Waals surface area contributed by atoms with Crippen molar-refractivity contribution in [3.8, 4) is 5.75 Å². The predicted octanol–water partition coefficient (Wildman–Crippen LogP) is 2.74. The normalized spacial score (nSPS) is 20.8. The topological polar surface area (TPSA) is 62.9 Å². The number of hydrazone groups is 1. The van der Waals surface area contributed by atoms with E-state index in [1.165, 1.54) is 0 Å². The van der Waals surface area contributed by atoms with Gasteiger partial charge in [-0.3, -0.25) is 5.01 Å². The summed E-state index contributed by atoms with van der Waals surface area (Å²) < 4.78 is 56.2. The minimum atomic E-state index is -4.31. The lowest BCUT2D eigenvalue weighted by Gasteiger charge is -2.24. The molecule has 142 valence electrons. The maximum absolute atomic E-state index is 12.8. The molecule has 0 amide bonds. The molecule has 0 saturated heterocycles. The number of alkyl halides is 3. The summed E-state index contributed by atoms with van der Waals surface area (Å²) in [6.45, 7) is -0.981. The molecule has 1 aliphatic carbocycles. The molecule has 0 spiro atoms. The number of nitrogens with one attached hydrogen (secondary N) is 1. The van der Waals surface area contributed by atoms with Crippen molar-refractivity contribution in [3.05, 3.63) is 41.7 Å². The number of amidine groups is 1. The summed E-state index contributed by atoms with van der Waals surface area (Å²) in [6.07, 6.45) is -2.53. The van der Waals surface area contributed by atoms with Crippen molar-refractivity contribution >= 4 is 5.84 Å². The maximum Gasteiger partial charge on any atom is 0.407 e. The van der Waals surface area contributed by atoms with Crippen LogP contribution in [-0.4, -0.2) is 42.9 Å². The smallest absolute Gasteiger partial charge is 0.407 e. The highest BCUT2D eigenvalue weighted by atomic mass is 19.4. The van der Waals surface area contributed by atoms with Crippen LogP contribution in [0, 0.1) is 5.92 Å². The number of ether oxygens (including phenoxy) is 1. The Balaban J connectivity index is 1.67. The molecule has 1 aromatic carbocycles. The van der Waals surface area contributed by atoms with Gasteiger partial charge in [0.25, 0.3) is 0 Å². The van der Waals surface area contributed by atoms with Gasteiger partial charge < -0.3 is 15.8 Å². The van der Waals surface area contributed by atoms with Crippen LogP contribution in [0.5, 0.6) is 5.75 Å². The van der Waals surface area contributed by atoms with E-state index in [4.69, 9.17) is 10.5 Å². The molecule has 1 aliphatic heterocycles. The van der Waals surface area contributed by atoms with Gasteiger partial charge in [0, 0.05) is 17.7 Å². The van der Waals surface area contributed by atoms with Gasteiger partial charge in [0.1, 0.15) is 25.1 Å². The van der Waals surface area contributed by atoms with Crippen LogP contribution in [0.15, 0.2) is 41.3 Å². The first-order chi connectivity index (χ1) is 12.4. The van der Waals surface area contributed by atoms with Crippen molar-refractivity contribution in [2.75, 3.05) is 19.7 Å². The van der Waals surface area contributed by atoms with Crippen LogP contribution in [0.1, 0.15) is 18.4 Å². The first-order valence-corrected chi connectivity index (χ1v) is 8.29. The Morgan fingerprint density at radius 1 is 1.31 bits per heavy atom. The Hall–Kier alpha value is -2.29. The molecule has 0 aromatic heterocycles. The summed E-state index contributed by atoms with van der Waals surface area (Å²) in [5, 5.41) is 8.29. The Kier molecular flexibility index (Phi) is 5.36. The number of nitrogens with zero attached hydrogens (tertiary/aromatic N) is 2. The Bertz CT molecular complexity index is 683. The van der Waals surface area contributed by atoms with E-state index in [-0.39, 0.29) is 19.1 Å². The van der Waals surface area contributed by atoms with Gasteiger partial charge in [-0.15, -0.1) is 0 Å². The minimum absolute atomic E-state index is 0.0364. The number of hydrogen-bond acceptors (Lipinski definition) is 5. The average molecular weight is 372 g/mol. The van der Waals surface area contributed by atoms with E-state index in [1.807, 2.05) is 0 Å². The van der Waals surface area contributed by atoms with Crippen LogP contribution in [0.25, 0.3) is 0 Å². The summed E-state index contributed by atoms with van der Waals surface area (Å²) in [5.74, 6) is 1.10. The molecule has 1 unspecified atom stereocenters. The quantitative estimate of drug-likeness (QED) is 0.723. The highest BCUT2D eigenvalue weighted by molar-refractivity contribution is 5.99. The molecule has 1 saturated carbocycles. The molecular formula is C17H20F4N4O. The third-order valence-corrected chi connectivity index (χ3v) is 4.21. The zero-order valence-corrected chi connectivity index (χ0v) is 14.0. The molecule has 9 heteroatoms. The number of hydrogen-bond donors (Lipinski definition) is 2. The van der Waals surface area contributed by atoms with Gasteiger partial charge >= 0.3 is 6.18 Å². The summed E-state index contributed by atoms with van der Waals surface area (Å²) in [6, 6.07) is 6.71. The second kappa shape index (κ2) is 7.53. The zero-order chi connectivity index (χ0) is 18.7. The summed E-state index contributed by atoms with van der Waals surface area (Å²) in [7, 11) is 0. The molecule has 0 radical (unpaired) electrons. The van der Waals surface area contributed by atoms with Crippen LogP contribution in [0.3, 0.4) is 0 Å². The molecule has 1 fully saturated rings. The van der Waals surface area contributed by atoms with Crippen LogP contribution >= 0.6 is 0 Å². The molecule has 3 rings (SSSR count). The van der Waals surface area contributed by atoms with Gasteiger partial charge in [0.15, 0.2) is 5.84 Å². The lowest BCUT2D eigenvalue weighted by Crippen LogP contribution is -2.43. The van der Waals surface area contributed by atoms with Crippen LogP contribution in [0.4, 0.5) is 17.6 Å². The Morgan fingerprint density at radius 2 is 2.00 bits per heavy atom. The second-order valence-corrected chi connectivity index (χ2v) is 6.37. The fraction of sp³-hybridized carbons (Fsp3) is 0.471. The van der Waals surface area contributed by atoms with Crippen LogP contribution < -0.4 is 15.8 Å². The van der Waals surface area contributed by atoms with E-state index in [1.54, 1.807) is 24.3 Å². The van der Waals surface area contributed by atoms with E-state index in [2.05, 4.69) is 10.4 Å². The fourth-order valence-corrected chi connectivity index (χ4v) is 2.69. The molecule has 3 N–H and O–H groups in total. The molecule has 0 bridgehead atoms. The standard InChI is InChI=1S/C17H20F4N4O/c18-7-11(8-22)9-26-14-5-3-12(4-6-14)15-23-16(13-1-2-13)25(24-15)10-17(19,20)21/h3-7,13,16H,1-2,8-10,22H2,(H,23,24)/b11-7+. The van der Waals surface area contributed by atoms with E-state index in [9.17, 15) is 17.6 Å². The first kappa shape index (κ1) is 18.5.